The Morgan fingerprint density at radius 1 is 1.42 bits per heavy atom. The molecule has 0 saturated heterocycles. The van der Waals surface area contributed by atoms with Crippen molar-refractivity contribution in [3.8, 4) is 0 Å². The van der Waals surface area contributed by atoms with Crippen LogP contribution in [0, 0.1) is 0 Å². The van der Waals surface area contributed by atoms with Gasteiger partial charge in [0.15, 0.2) is 0 Å². The van der Waals surface area contributed by atoms with Crippen LogP contribution in [0.3, 0.4) is 0 Å². The van der Waals surface area contributed by atoms with Gasteiger partial charge in [0, 0.05) is 12.1 Å². The Morgan fingerprint density at radius 2 is 2.17 bits per heavy atom. The lowest BCUT2D eigenvalue weighted by Crippen LogP contribution is -2.34. The first-order valence-corrected chi connectivity index (χ1v) is 3.84. The van der Waals surface area contributed by atoms with Gasteiger partial charge in [0.2, 0.25) is 0 Å². The molecule has 1 heterocycles. The van der Waals surface area contributed by atoms with Crippen molar-refractivity contribution in [3.63, 3.8) is 0 Å². The van der Waals surface area contributed by atoms with Gasteiger partial charge >= 0.3 is 0 Å². The quantitative estimate of drug-likeness (QED) is 0.584. The Bertz CT molecular complexity index is 322. The van der Waals surface area contributed by atoms with Crippen LogP contribution in [-0.2, 0) is 0 Å². The molecular weight excluding hydrogens is 154 g/mol. The van der Waals surface area contributed by atoms with E-state index in [2.05, 4.69) is 5.32 Å². The van der Waals surface area contributed by atoms with E-state index in [9.17, 15) is 9.90 Å². The van der Waals surface area contributed by atoms with E-state index >= 15 is 0 Å². The number of carbonyl (C=O) groups excluding carboxylic acids is 1. The first-order valence-electron chi connectivity index (χ1n) is 3.84. The van der Waals surface area contributed by atoms with Crippen LogP contribution < -0.4 is 5.32 Å². The summed E-state index contributed by atoms with van der Waals surface area (Å²) in [4.78, 5) is 11.2. The van der Waals surface area contributed by atoms with E-state index in [1.54, 1.807) is 18.2 Å². The van der Waals surface area contributed by atoms with E-state index in [1.165, 1.54) is 0 Å². The van der Waals surface area contributed by atoms with Crippen molar-refractivity contribution in [2.75, 3.05) is 6.54 Å². The predicted molar refractivity (Wildman–Crippen MR) is 43.7 cm³/mol. The lowest BCUT2D eigenvalue weighted by Gasteiger charge is -2.20. The van der Waals surface area contributed by atoms with Crippen LogP contribution >= 0.6 is 0 Å². The van der Waals surface area contributed by atoms with Crippen molar-refractivity contribution in [1.82, 2.24) is 5.32 Å². The van der Waals surface area contributed by atoms with Crippen molar-refractivity contribution in [1.29, 1.82) is 0 Å². The zero-order valence-corrected chi connectivity index (χ0v) is 6.45. The summed E-state index contributed by atoms with van der Waals surface area (Å²) in [6.45, 7) is 0.315. The van der Waals surface area contributed by atoms with Crippen LogP contribution in [0.25, 0.3) is 0 Å². The van der Waals surface area contributed by atoms with E-state index in [4.69, 9.17) is 0 Å². The molecule has 0 aromatic heterocycles. The van der Waals surface area contributed by atoms with Gasteiger partial charge in [-0.05, 0) is 11.6 Å². The molecular formula is C9H9NO2. The molecule has 1 aromatic rings. The highest BCUT2D eigenvalue weighted by Gasteiger charge is 2.22. The lowest BCUT2D eigenvalue weighted by molar-refractivity contribution is 0.0876. The molecule has 0 aliphatic carbocycles. The highest BCUT2D eigenvalue weighted by atomic mass is 16.3. The minimum Gasteiger partial charge on any atom is -0.387 e. The van der Waals surface area contributed by atoms with Gasteiger partial charge in [-0.2, -0.15) is 0 Å². The Balaban J connectivity index is 2.55. The van der Waals surface area contributed by atoms with Gasteiger partial charge in [-0.15, -0.1) is 0 Å². The third-order valence-corrected chi connectivity index (χ3v) is 2.02. The van der Waals surface area contributed by atoms with Crippen LogP contribution in [0.15, 0.2) is 24.3 Å². The summed E-state index contributed by atoms with van der Waals surface area (Å²) in [6.07, 6.45) is -0.557. The SMILES string of the molecule is O=C1NC[C@@H](O)c2ccccc21. The number of aliphatic hydroxyl groups excluding tert-OH is 1. The number of benzene rings is 1. The fourth-order valence-electron chi connectivity index (χ4n) is 1.39. The molecule has 1 aliphatic heterocycles. The minimum absolute atomic E-state index is 0.101. The van der Waals surface area contributed by atoms with Crippen molar-refractivity contribution in [3.05, 3.63) is 35.4 Å². The van der Waals surface area contributed by atoms with Gasteiger partial charge in [0.1, 0.15) is 0 Å². The molecule has 0 saturated carbocycles. The summed E-state index contributed by atoms with van der Waals surface area (Å²) in [6, 6.07) is 7.10. The molecule has 0 bridgehead atoms. The normalized spacial score (nSPS) is 21.4. The monoisotopic (exact) mass is 163 g/mol. The fourth-order valence-corrected chi connectivity index (χ4v) is 1.39. The largest absolute Gasteiger partial charge is 0.387 e. The van der Waals surface area contributed by atoms with Gasteiger partial charge in [-0.1, -0.05) is 18.2 Å². The summed E-state index contributed by atoms with van der Waals surface area (Å²) in [5.74, 6) is -0.101. The summed E-state index contributed by atoms with van der Waals surface area (Å²) in [5, 5.41) is 12.1. The van der Waals surface area contributed by atoms with Crippen LogP contribution in [0.4, 0.5) is 0 Å². The number of β-amino-alcohol motifs (C(OH)–C–C–N with tert-alkyl or cyclic N) is 1. The number of hydrogen-bond acceptors (Lipinski definition) is 2. The molecule has 2 N–H and O–H groups in total. The standard InChI is InChI=1S/C9H9NO2/c11-8-5-10-9(12)7-4-2-1-3-6(7)8/h1-4,8,11H,5H2,(H,10,12)/t8-/m1/s1. The highest BCUT2D eigenvalue weighted by Crippen LogP contribution is 2.20. The van der Waals surface area contributed by atoms with Gasteiger partial charge in [0.25, 0.3) is 5.91 Å². The Morgan fingerprint density at radius 3 is 2.92 bits per heavy atom. The van der Waals surface area contributed by atoms with E-state index in [0.29, 0.717) is 12.1 Å². The maximum Gasteiger partial charge on any atom is 0.251 e. The molecule has 12 heavy (non-hydrogen) atoms. The summed E-state index contributed by atoms with van der Waals surface area (Å²) in [5.41, 5.74) is 1.30. The smallest absolute Gasteiger partial charge is 0.251 e. The molecule has 0 unspecified atom stereocenters. The van der Waals surface area contributed by atoms with Crippen molar-refractivity contribution >= 4 is 5.91 Å². The summed E-state index contributed by atoms with van der Waals surface area (Å²) in [7, 11) is 0. The maximum atomic E-state index is 11.2. The average Bonchev–Trinajstić information content (AvgIpc) is 2.12. The molecule has 1 aromatic carbocycles. The fraction of sp³-hybridized carbons (Fsp3) is 0.222. The zero-order chi connectivity index (χ0) is 8.55. The second kappa shape index (κ2) is 2.60. The van der Waals surface area contributed by atoms with Gasteiger partial charge < -0.3 is 10.4 Å². The van der Waals surface area contributed by atoms with Crippen LogP contribution in [0.5, 0.6) is 0 Å². The third kappa shape index (κ3) is 0.987. The number of fused-ring (bicyclic) bond motifs is 1. The zero-order valence-electron chi connectivity index (χ0n) is 6.45. The van der Waals surface area contributed by atoms with E-state index in [0.717, 1.165) is 5.56 Å². The Hall–Kier alpha value is -1.35. The van der Waals surface area contributed by atoms with E-state index in [-0.39, 0.29) is 5.91 Å². The molecule has 2 rings (SSSR count). The minimum atomic E-state index is -0.557. The van der Waals surface area contributed by atoms with E-state index in [1.807, 2.05) is 6.07 Å². The molecule has 0 fully saturated rings. The number of nitrogens with one attached hydrogen (secondary N) is 1. The number of hydrogen-bond donors (Lipinski definition) is 2. The van der Waals surface area contributed by atoms with Crippen LogP contribution in [0.2, 0.25) is 0 Å². The first kappa shape index (κ1) is 7.31. The molecule has 0 radical (unpaired) electrons. The molecule has 3 heteroatoms. The molecule has 0 spiro atoms. The molecule has 3 nitrogen and oxygen atoms in total. The number of rotatable bonds is 0. The number of amides is 1. The van der Waals surface area contributed by atoms with Gasteiger partial charge in [0.05, 0.1) is 6.10 Å². The molecule has 62 valence electrons. The molecule has 1 amide bonds. The average molecular weight is 163 g/mol. The predicted octanol–water partition coefficient (Wildman–Crippen LogP) is 0.463. The highest BCUT2D eigenvalue weighted by molar-refractivity contribution is 5.96. The van der Waals surface area contributed by atoms with Crippen LogP contribution in [-0.4, -0.2) is 17.6 Å². The van der Waals surface area contributed by atoms with Crippen molar-refractivity contribution in [2.45, 2.75) is 6.10 Å². The maximum absolute atomic E-state index is 11.2. The number of carbonyl (C=O) groups is 1. The Labute approximate surface area is 70.0 Å². The van der Waals surface area contributed by atoms with Gasteiger partial charge in [-0.3, -0.25) is 4.79 Å². The molecule has 1 aliphatic rings. The Kier molecular flexibility index (Phi) is 1.59. The van der Waals surface area contributed by atoms with Crippen molar-refractivity contribution < 1.29 is 9.90 Å². The van der Waals surface area contributed by atoms with Crippen molar-refractivity contribution in [2.24, 2.45) is 0 Å². The topological polar surface area (TPSA) is 49.3 Å². The first-order chi connectivity index (χ1) is 5.79. The lowest BCUT2D eigenvalue weighted by atomic mass is 9.98. The summed E-state index contributed by atoms with van der Waals surface area (Å²) >= 11 is 0. The van der Waals surface area contributed by atoms with Gasteiger partial charge in [-0.25, -0.2) is 0 Å². The molecule has 1 atom stereocenters. The third-order valence-electron chi connectivity index (χ3n) is 2.02. The summed E-state index contributed by atoms with van der Waals surface area (Å²) < 4.78 is 0. The number of aliphatic hydroxyl groups is 1. The second-order valence-corrected chi connectivity index (χ2v) is 2.81. The van der Waals surface area contributed by atoms with E-state index < -0.39 is 6.10 Å². The van der Waals surface area contributed by atoms with Crippen LogP contribution in [0.1, 0.15) is 22.0 Å². The second-order valence-electron chi connectivity index (χ2n) is 2.81.